The first-order chi connectivity index (χ1) is 18.4. The van der Waals surface area contributed by atoms with E-state index in [1.54, 1.807) is 6.08 Å². The number of rotatable bonds is 6. The molecule has 0 spiro atoms. The number of nitrogens with zero attached hydrogens (tertiary/aromatic N) is 2. The SMILES string of the molecule is C=CC.CCCNc1cc(C)cc(C)n1.Cc1ccc(Cc2c(C3=CCCC=C3)cc3ccccn23)cc1. The van der Waals surface area contributed by atoms with Crippen molar-refractivity contribution in [2.24, 2.45) is 0 Å². The molecule has 0 saturated carbocycles. The van der Waals surface area contributed by atoms with Crippen LogP contribution >= 0.6 is 0 Å². The lowest BCUT2D eigenvalue weighted by molar-refractivity contribution is 0.964. The lowest BCUT2D eigenvalue weighted by Gasteiger charge is -2.10. The number of aromatic nitrogens is 2. The van der Waals surface area contributed by atoms with Gasteiger partial charge in [0.25, 0.3) is 0 Å². The topological polar surface area (TPSA) is 29.3 Å². The van der Waals surface area contributed by atoms with E-state index in [0.717, 1.165) is 43.7 Å². The molecular weight excluding hydrogens is 462 g/mol. The predicted octanol–water partition coefficient (Wildman–Crippen LogP) is 9.28. The van der Waals surface area contributed by atoms with Crippen LogP contribution in [-0.4, -0.2) is 15.9 Å². The number of hydrogen-bond acceptors (Lipinski definition) is 2. The summed E-state index contributed by atoms with van der Waals surface area (Å²) < 4.78 is 2.33. The van der Waals surface area contributed by atoms with Crippen molar-refractivity contribution in [3.8, 4) is 0 Å². The summed E-state index contributed by atoms with van der Waals surface area (Å²) >= 11 is 0. The number of nitrogens with one attached hydrogen (secondary N) is 1. The molecule has 0 unspecified atom stereocenters. The van der Waals surface area contributed by atoms with E-state index in [9.17, 15) is 0 Å². The first kappa shape index (κ1) is 28.7. The van der Waals surface area contributed by atoms with E-state index < -0.39 is 0 Å². The summed E-state index contributed by atoms with van der Waals surface area (Å²) in [5, 5.41) is 3.26. The Bertz CT molecular complexity index is 1350. The van der Waals surface area contributed by atoms with E-state index in [1.165, 1.54) is 39.0 Å². The molecule has 1 aromatic carbocycles. The fraction of sp³-hybridized carbons (Fsp3) is 0.286. The van der Waals surface area contributed by atoms with E-state index in [1.807, 2.05) is 13.8 Å². The number of fused-ring (bicyclic) bond motifs is 1. The summed E-state index contributed by atoms with van der Waals surface area (Å²) in [4.78, 5) is 4.36. The lowest BCUT2D eigenvalue weighted by atomic mass is 9.97. The van der Waals surface area contributed by atoms with Crippen LogP contribution in [0.15, 0.2) is 97.7 Å². The average molecular weight is 506 g/mol. The van der Waals surface area contributed by atoms with Gasteiger partial charge in [0.2, 0.25) is 0 Å². The highest BCUT2D eigenvalue weighted by Crippen LogP contribution is 2.29. The third-order valence-electron chi connectivity index (χ3n) is 6.24. The third-order valence-corrected chi connectivity index (χ3v) is 6.24. The van der Waals surface area contributed by atoms with Crippen LogP contribution in [-0.2, 0) is 6.42 Å². The van der Waals surface area contributed by atoms with Crippen LogP contribution in [0.1, 0.15) is 66.8 Å². The minimum Gasteiger partial charge on any atom is -0.370 e. The molecule has 0 amide bonds. The molecule has 3 heterocycles. The number of allylic oxidation sites excluding steroid dienone is 5. The molecule has 0 bridgehead atoms. The van der Waals surface area contributed by atoms with Crippen molar-refractivity contribution in [2.75, 3.05) is 11.9 Å². The lowest BCUT2D eigenvalue weighted by Crippen LogP contribution is -2.02. The van der Waals surface area contributed by atoms with Crippen molar-refractivity contribution in [3.63, 3.8) is 0 Å². The quantitative estimate of drug-likeness (QED) is 0.265. The highest BCUT2D eigenvalue weighted by atomic mass is 15.0. The van der Waals surface area contributed by atoms with Crippen molar-refractivity contribution >= 4 is 16.9 Å². The summed E-state index contributed by atoms with van der Waals surface area (Å²) in [6.07, 6.45) is 15.2. The molecule has 3 heteroatoms. The number of benzene rings is 1. The van der Waals surface area contributed by atoms with Gasteiger partial charge in [-0.3, -0.25) is 0 Å². The Hall–Kier alpha value is -3.85. The molecule has 5 rings (SSSR count). The maximum Gasteiger partial charge on any atom is 0.126 e. The Morgan fingerprint density at radius 1 is 0.974 bits per heavy atom. The normalized spacial score (nSPS) is 12.1. The van der Waals surface area contributed by atoms with Crippen LogP contribution in [0.3, 0.4) is 0 Å². The smallest absolute Gasteiger partial charge is 0.126 e. The van der Waals surface area contributed by atoms with E-state index in [2.05, 4.69) is 127 Å². The van der Waals surface area contributed by atoms with Gasteiger partial charge in [0.15, 0.2) is 0 Å². The molecule has 1 N–H and O–H groups in total. The minimum absolute atomic E-state index is 0.957. The third kappa shape index (κ3) is 8.34. The summed E-state index contributed by atoms with van der Waals surface area (Å²) in [5.74, 6) is 0.995. The Morgan fingerprint density at radius 2 is 1.74 bits per heavy atom. The Kier molecular flexibility index (Phi) is 11.2. The largest absolute Gasteiger partial charge is 0.370 e. The zero-order valence-corrected chi connectivity index (χ0v) is 23.8. The van der Waals surface area contributed by atoms with Gasteiger partial charge in [-0.2, -0.15) is 0 Å². The van der Waals surface area contributed by atoms with Gasteiger partial charge in [0.05, 0.1) is 0 Å². The number of pyridine rings is 2. The van der Waals surface area contributed by atoms with Crippen molar-refractivity contribution in [1.82, 2.24) is 9.38 Å². The van der Waals surface area contributed by atoms with Crippen LogP contribution in [0.2, 0.25) is 0 Å². The van der Waals surface area contributed by atoms with Gasteiger partial charge in [-0.25, -0.2) is 4.98 Å². The van der Waals surface area contributed by atoms with Crippen LogP contribution in [0.4, 0.5) is 5.82 Å². The minimum atomic E-state index is 0.957. The second-order valence-electron chi connectivity index (χ2n) is 9.81. The zero-order valence-electron chi connectivity index (χ0n) is 23.8. The highest BCUT2D eigenvalue weighted by molar-refractivity contribution is 5.80. The summed E-state index contributed by atoms with van der Waals surface area (Å²) in [5.41, 5.74) is 10.4. The fourth-order valence-electron chi connectivity index (χ4n) is 4.51. The number of anilines is 1. The maximum absolute atomic E-state index is 4.36. The van der Waals surface area contributed by atoms with E-state index in [4.69, 9.17) is 0 Å². The second kappa shape index (κ2) is 14.8. The number of aryl methyl sites for hydroxylation is 3. The van der Waals surface area contributed by atoms with E-state index >= 15 is 0 Å². The maximum atomic E-state index is 4.36. The molecule has 0 fully saturated rings. The predicted molar refractivity (Wildman–Crippen MR) is 166 cm³/mol. The standard InChI is InChI=1S/C22H21N.C10H16N2.C3H6/c1-17-10-12-18(13-11-17)15-22-21(19-7-3-2-4-8-19)16-20-9-5-6-14-23(20)22;1-4-5-11-10-7-8(2)6-9(3)12-10;1-3-2/h3,5-14,16H,2,4,15H2,1H3;6-7H,4-5H2,1-3H3,(H,11,12);3H,1H2,2H3. The van der Waals surface area contributed by atoms with Gasteiger partial charge in [-0.1, -0.05) is 67.1 Å². The molecule has 38 heavy (non-hydrogen) atoms. The van der Waals surface area contributed by atoms with Crippen molar-refractivity contribution in [3.05, 3.63) is 131 Å². The van der Waals surface area contributed by atoms with Crippen molar-refractivity contribution in [1.29, 1.82) is 0 Å². The van der Waals surface area contributed by atoms with Gasteiger partial charge in [0.1, 0.15) is 5.82 Å². The molecule has 3 nitrogen and oxygen atoms in total. The first-order valence-electron chi connectivity index (χ1n) is 13.7. The van der Waals surface area contributed by atoms with Gasteiger partial charge < -0.3 is 9.72 Å². The van der Waals surface area contributed by atoms with Gasteiger partial charge in [0, 0.05) is 41.6 Å². The molecule has 1 aliphatic rings. The molecule has 0 aliphatic heterocycles. The van der Waals surface area contributed by atoms with Crippen LogP contribution in [0.25, 0.3) is 11.1 Å². The van der Waals surface area contributed by atoms with Crippen molar-refractivity contribution < 1.29 is 0 Å². The zero-order chi connectivity index (χ0) is 27.3. The van der Waals surface area contributed by atoms with E-state index in [-0.39, 0.29) is 0 Å². The Balaban J connectivity index is 0.000000225. The Labute approximate surface area is 229 Å². The Morgan fingerprint density at radius 3 is 2.39 bits per heavy atom. The highest BCUT2D eigenvalue weighted by Gasteiger charge is 2.14. The van der Waals surface area contributed by atoms with Crippen LogP contribution in [0, 0.1) is 20.8 Å². The molecule has 1 aliphatic carbocycles. The monoisotopic (exact) mass is 505 g/mol. The van der Waals surface area contributed by atoms with Crippen LogP contribution in [0.5, 0.6) is 0 Å². The average Bonchev–Trinajstić information content (AvgIpc) is 3.28. The second-order valence-corrected chi connectivity index (χ2v) is 9.81. The summed E-state index contributed by atoms with van der Waals surface area (Å²) in [7, 11) is 0. The van der Waals surface area contributed by atoms with Gasteiger partial charge in [-0.15, -0.1) is 6.58 Å². The van der Waals surface area contributed by atoms with E-state index in [0.29, 0.717) is 0 Å². The fourth-order valence-corrected chi connectivity index (χ4v) is 4.51. The molecule has 0 saturated heterocycles. The summed E-state index contributed by atoms with van der Waals surface area (Å²) in [6, 6.07) is 21.8. The van der Waals surface area contributed by atoms with Crippen molar-refractivity contribution in [2.45, 2.75) is 60.3 Å². The summed E-state index contributed by atoms with van der Waals surface area (Å²) in [6.45, 7) is 14.6. The van der Waals surface area contributed by atoms with Crippen LogP contribution < -0.4 is 5.32 Å². The first-order valence-corrected chi connectivity index (χ1v) is 13.7. The molecular formula is C35H43N3. The molecule has 0 radical (unpaired) electrons. The van der Waals surface area contributed by atoms with Gasteiger partial charge >= 0.3 is 0 Å². The van der Waals surface area contributed by atoms with Gasteiger partial charge in [-0.05, 0) is 94.0 Å². The molecule has 0 atom stereocenters. The number of hydrogen-bond donors (Lipinski definition) is 1. The molecule has 198 valence electrons. The molecule has 3 aromatic heterocycles. The molecule has 4 aromatic rings.